The third-order valence-corrected chi connectivity index (χ3v) is 6.06. The summed E-state index contributed by atoms with van der Waals surface area (Å²) in [6, 6.07) is 8.80. The fourth-order valence-corrected chi connectivity index (χ4v) is 4.50. The molecule has 30 heavy (non-hydrogen) atoms. The van der Waals surface area contributed by atoms with Crippen LogP contribution in [-0.2, 0) is 16.1 Å². The molecule has 9 heteroatoms. The van der Waals surface area contributed by atoms with Crippen molar-refractivity contribution < 1.29 is 14.3 Å². The molecule has 1 fully saturated rings. The standard InChI is InChI=1S/C21H23N5O3S/c1-3-11-25-13-22-24-21(25)30-12-16-17(19(27)29-2)18(14-7-5-4-6-8-14)23-20(28)26(16)15-9-10-15/h3-8,13,15,18H,1,9-12H2,2H3,(H,23,28). The van der Waals surface area contributed by atoms with Crippen molar-refractivity contribution in [2.75, 3.05) is 12.9 Å². The number of urea groups is 1. The summed E-state index contributed by atoms with van der Waals surface area (Å²) in [7, 11) is 1.36. The molecule has 2 heterocycles. The Morgan fingerprint density at radius 2 is 2.13 bits per heavy atom. The van der Waals surface area contributed by atoms with Crippen LogP contribution in [0.15, 0.2) is 65.7 Å². The van der Waals surface area contributed by atoms with Crippen molar-refractivity contribution in [3.63, 3.8) is 0 Å². The molecule has 1 atom stereocenters. The number of benzene rings is 1. The summed E-state index contributed by atoms with van der Waals surface area (Å²) in [4.78, 5) is 27.6. The lowest BCUT2D eigenvalue weighted by atomic mass is 9.95. The first-order chi connectivity index (χ1) is 14.6. The van der Waals surface area contributed by atoms with Gasteiger partial charge in [0.05, 0.1) is 18.7 Å². The normalized spacial score (nSPS) is 18.9. The number of nitrogens with zero attached hydrogens (tertiary/aromatic N) is 4. The average Bonchev–Trinajstić information content (AvgIpc) is 3.51. The van der Waals surface area contributed by atoms with Crippen LogP contribution >= 0.6 is 11.8 Å². The number of hydrogen-bond acceptors (Lipinski definition) is 6. The average molecular weight is 426 g/mol. The van der Waals surface area contributed by atoms with E-state index in [1.165, 1.54) is 18.9 Å². The van der Waals surface area contributed by atoms with Crippen LogP contribution in [-0.4, -0.2) is 50.6 Å². The van der Waals surface area contributed by atoms with E-state index in [4.69, 9.17) is 4.74 Å². The first kappa shape index (κ1) is 20.2. The SMILES string of the molecule is C=CCn1cnnc1SCC1=C(C(=O)OC)C(c2ccccc2)NC(=O)N1C1CC1. The summed E-state index contributed by atoms with van der Waals surface area (Å²) in [6.45, 7) is 4.33. The minimum atomic E-state index is -0.567. The number of methoxy groups -OCH3 is 1. The number of allylic oxidation sites excluding steroid dienone is 1. The summed E-state index contributed by atoms with van der Waals surface area (Å²) in [5.74, 6) is -0.0503. The van der Waals surface area contributed by atoms with Crippen molar-refractivity contribution in [3.05, 3.63) is 66.1 Å². The largest absolute Gasteiger partial charge is 0.466 e. The number of carbonyl (C=O) groups is 2. The van der Waals surface area contributed by atoms with Gasteiger partial charge in [-0.15, -0.1) is 16.8 Å². The van der Waals surface area contributed by atoms with E-state index < -0.39 is 12.0 Å². The summed E-state index contributed by atoms with van der Waals surface area (Å²) >= 11 is 1.43. The lowest BCUT2D eigenvalue weighted by Gasteiger charge is -2.36. The molecule has 1 aliphatic heterocycles. The predicted molar refractivity (Wildman–Crippen MR) is 113 cm³/mol. The zero-order valence-corrected chi connectivity index (χ0v) is 17.5. The van der Waals surface area contributed by atoms with Gasteiger partial charge < -0.3 is 14.6 Å². The monoisotopic (exact) mass is 425 g/mol. The fourth-order valence-electron chi connectivity index (χ4n) is 3.54. The molecule has 156 valence electrons. The molecule has 0 radical (unpaired) electrons. The quantitative estimate of drug-likeness (QED) is 0.397. The van der Waals surface area contributed by atoms with Gasteiger partial charge in [-0.1, -0.05) is 48.2 Å². The molecule has 1 aromatic heterocycles. The van der Waals surface area contributed by atoms with E-state index in [0.29, 0.717) is 28.7 Å². The molecular weight excluding hydrogens is 402 g/mol. The van der Waals surface area contributed by atoms with Gasteiger partial charge in [0.25, 0.3) is 0 Å². The van der Waals surface area contributed by atoms with Gasteiger partial charge in [0.2, 0.25) is 0 Å². The van der Waals surface area contributed by atoms with Crippen molar-refractivity contribution in [1.29, 1.82) is 0 Å². The second-order valence-corrected chi connectivity index (χ2v) is 8.03. The van der Waals surface area contributed by atoms with Crippen molar-refractivity contribution in [2.24, 2.45) is 0 Å². The van der Waals surface area contributed by atoms with Gasteiger partial charge in [-0.2, -0.15) is 0 Å². The van der Waals surface area contributed by atoms with E-state index in [9.17, 15) is 9.59 Å². The van der Waals surface area contributed by atoms with Crippen molar-refractivity contribution in [3.8, 4) is 0 Å². The van der Waals surface area contributed by atoms with Gasteiger partial charge in [-0.05, 0) is 18.4 Å². The molecule has 1 aliphatic carbocycles. The van der Waals surface area contributed by atoms with Crippen LogP contribution in [0.1, 0.15) is 24.4 Å². The number of amides is 2. The maximum absolute atomic E-state index is 13.0. The Morgan fingerprint density at radius 1 is 1.37 bits per heavy atom. The van der Waals surface area contributed by atoms with Crippen molar-refractivity contribution in [2.45, 2.75) is 36.6 Å². The highest BCUT2D eigenvalue weighted by Gasteiger charge is 2.44. The van der Waals surface area contributed by atoms with Crippen molar-refractivity contribution in [1.82, 2.24) is 25.0 Å². The molecule has 0 saturated heterocycles. The number of esters is 1. The maximum Gasteiger partial charge on any atom is 0.338 e. The molecule has 1 aromatic carbocycles. The number of aromatic nitrogens is 3. The number of ether oxygens (including phenoxy) is 1. The van der Waals surface area contributed by atoms with Crippen LogP contribution < -0.4 is 5.32 Å². The van der Waals surface area contributed by atoms with Gasteiger partial charge in [-0.3, -0.25) is 4.90 Å². The highest BCUT2D eigenvalue weighted by molar-refractivity contribution is 7.99. The first-order valence-corrected chi connectivity index (χ1v) is 10.7. The number of hydrogen-bond donors (Lipinski definition) is 1. The third kappa shape index (κ3) is 3.97. The first-order valence-electron chi connectivity index (χ1n) is 9.71. The molecule has 0 spiro atoms. The Morgan fingerprint density at radius 3 is 2.80 bits per heavy atom. The molecule has 0 bridgehead atoms. The predicted octanol–water partition coefficient (Wildman–Crippen LogP) is 2.91. The summed E-state index contributed by atoms with van der Waals surface area (Å²) in [5.41, 5.74) is 1.96. The molecule has 4 rings (SSSR count). The van der Waals surface area contributed by atoms with E-state index in [2.05, 4.69) is 22.1 Å². The van der Waals surface area contributed by atoms with Gasteiger partial charge in [-0.25, -0.2) is 9.59 Å². The number of thioether (sulfide) groups is 1. The van der Waals surface area contributed by atoms with Gasteiger partial charge in [0.15, 0.2) is 5.16 Å². The molecule has 8 nitrogen and oxygen atoms in total. The molecular formula is C21H23N5O3S. The fraction of sp³-hybridized carbons (Fsp3) is 0.333. The molecule has 2 amide bonds. The molecule has 2 aliphatic rings. The zero-order valence-electron chi connectivity index (χ0n) is 16.7. The van der Waals surface area contributed by atoms with Crippen LogP contribution in [0.4, 0.5) is 4.79 Å². The number of rotatable bonds is 8. The minimum absolute atomic E-state index is 0.100. The second kappa shape index (κ2) is 8.74. The maximum atomic E-state index is 13.0. The van der Waals surface area contributed by atoms with E-state index >= 15 is 0 Å². The second-order valence-electron chi connectivity index (χ2n) is 7.09. The topological polar surface area (TPSA) is 89.4 Å². The number of carbonyl (C=O) groups excluding carboxylic acids is 2. The Labute approximate surface area is 179 Å². The Kier molecular flexibility index (Phi) is 5.89. The van der Waals surface area contributed by atoms with Crippen molar-refractivity contribution >= 4 is 23.8 Å². The molecule has 1 N–H and O–H groups in total. The van der Waals surface area contributed by atoms with E-state index in [-0.39, 0.29) is 12.1 Å². The van der Waals surface area contributed by atoms with Crippen LogP contribution in [0.3, 0.4) is 0 Å². The van der Waals surface area contributed by atoms with Crippen LogP contribution in [0, 0.1) is 0 Å². The third-order valence-electron chi connectivity index (χ3n) is 5.07. The minimum Gasteiger partial charge on any atom is -0.466 e. The highest BCUT2D eigenvalue weighted by Crippen LogP contribution is 2.39. The number of nitrogens with one attached hydrogen (secondary N) is 1. The summed E-state index contributed by atoms with van der Waals surface area (Å²) in [5, 5.41) is 11.8. The van der Waals surface area contributed by atoms with Crippen LogP contribution in [0.5, 0.6) is 0 Å². The van der Waals surface area contributed by atoms with E-state index in [1.807, 2.05) is 34.9 Å². The van der Waals surface area contributed by atoms with Gasteiger partial charge in [0.1, 0.15) is 6.33 Å². The Balaban J connectivity index is 1.75. The van der Waals surface area contributed by atoms with Gasteiger partial charge >= 0.3 is 12.0 Å². The summed E-state index contributed by atoms with van der Waals surface area (Å²) in [6.07, 6.45) is 5.23. The van der Waals surface area contributed by atoms with Crippen LogP contribution in [0.25, 0.3) is 0 Å². The molecule has 1 unspecified atom stereocenters. The van der Waals surface area contributed by atoms with Crippen LogP contribution in [0.2, 0.25) is 0 Å². The lowest BCUT2D eigenvalue weighted by Crippen LogP contribution is -2.50. The highest BCUT2D eigenvalue weighted by atomic mass is 32.2. The smallest absolute Gasteiger partial charge is 0.338 e. The van der Waals surface area contributed by atoms with Gasteiger partial charge in [0, 0.05) is 24.0 Å². The summed E-state index contributed by atoms with van der Waals surface area (Å²) < 4.78 is 6.99. The lowest BCUT2D eigenvalue weighted by molar-refractivity contribution is -0.136. The Bertz CT molecular complexity index is 984. The molecule has 1 saturated carbocycles. The van der Waals surface area contributed by atoms with E-state index in [1.54, 1.807) is 17.3 Å². The molecule has 2 aromatic rings. The Hall–Kier alpha value is -3.07. The zero-order chi connectivity index (χ0) is 21.1. The van der Waals surface area contributed by atoms with E-state index in [0.717, 1.165) is 18.4 Å².